The Balaban J connectivity index is 1.66. The molecule has 3 rings (SSSR count). The SMILES string of the molecule is Cc1noc(C)c1S(=O)(=O)Nc1ccc(C(=O)CN2CCN(C)CC2)cc1. The van der Waals surface area contributed by atoms with Gasteiger partial charge in [-0.2, -0.15) is 0 Å². The molecule has 0 aliphatic carbocycles. The van der Waals surface area contributed by atoms with Gasteiger partial charge < -0.3 is 9.42 Å². The molecule has 8 nitrogen and oxygen atoms in total. The van der Waals surface area contributed by atoms with E-state index in [1.54, 1.807) is 38.1 Å². The minimum atomic E-state index is -3.80. The van der Waals surface area contributed by atoms with E-state index >= 15 is 0 Å². The molecule has 1 aliphatic rings. The summed E-state index contributed by atoms with van der Waals surface area (Å²) >= 11 is 0. The summed E-state index contributed by atoms with van der Waals surface area (Å²) in [4.78, 5) is 16.9. The summed E-state index contributed by atoms with van der Waals surface area (Å²) in [7, 11) is -1.73. The Morgan fingerprint density at radius 2 is 1.78 bits per heavy atom. The van der Waals surface area contributed by atoms with Gasteiger partial charge in [-0.05, 0) is 45.2 Å². The van der Waals surface area contributed by atoms with E-state index in [-0.39, 0.29) is 16.4 Å². The number of nitrogens with one attached hydrogen (secondary N) is 1. The van der Waals surface area contributed by atoms with E-state index in [0.717, 1.165) is 26.2 Å². The molecule has 0 atom stereocenters. The molecule has 0 bridgehead atoms. The first-order chi connectivity index (χ1) is 12.8. The number of rotatable bonds is 6. The molecule has 1 fully saturated rings. The van der Waals surface area contributed by atoms with Crippen molar-refractivity contribution < 1.29 is 17.7 Å². The lowest BCUT2D eigenvalue weighted by Crippen LogP contribution is -2.46. The van der Waals surface area contributed by atoms with Crippen molar-refractivity contribution in [3.63, 3.8) is 0 Å². The van der Waals surface area contributed by atoms with Crippen molar-refractivity contribution >= 4 is 21.5 Å². The van der Waals surface area contributed by atoms with Crippen molar-refractivity contribution in [2.75, 3.05) is 44.5 Å². The largest absolute Gasteiger partial charge is 0.360 e. The molecule has 1 N–H and O–H groups in total. The van der Waals surface area contributed by atoms with Crippen LogP contribution < -0.4 is 4.72 Å². The summed E-state index contributed by atoms with van der Waals surface area (Å²) in [6.07, 6.45) is 0. The molecular formula is C18H24N4O4S. The number of aryl methyl sites for hydroxylation is 2. The highest BCUT2D eigenvalue weighted by atomic mass is 32.2. The summed E-state index contributed by atoms with van der Waals surface area (Å²) in [6.45, 7) is 7.15. The van der Waals surface area contributed by atoms with Gasteiger partial charge >= 0.3 is 0 Å². The van der Waals surface area contributed by atoms with Gasteiger partial charge in [0.25, 0.3) is 10.0 Å². The molecule has 2 aromatic rings. The number of likely N-dealkylation sites (N-methyl/N-ethyl adjacent to an activating group) is 1. The highest BCUT2D eigenvalue weighted by Gasteiger charge is 2.24. The number of carbonyl (C=O) groups excluding carboxylic acids is 1. The van der Waals surface area contributed by atoms with Crippen LogP contribution in [0.2, 0.25) is 0 Å². The molecule has 0 spiro atoms. The topological polar surface area (TPSA) is 95.8 Å². The highest BCUT2D eigenvalue weighted by molar-refractivity contribution is 7.92. The van der Waals surface area contributed by atoms with Gasteiger partial charge in [-0.15, -0.1) is 0 Å². The van der Waals surface area contributed by atoms with Crippen LogP contribution >= 0.6 is 0 Å². The van der Waals surface area contributed by atoms with Crippen molar-refractivity contribution in [2.45, 2.75) is 18.7 Å². The summed E-state index contributed by atoms with van der Waals surface area (Å²) in [5, 5.41) is 3.68. The number of sulfonamides is 1. The number of hydrogen-bond donors (Lipinski definition) is 1. The van der Waals surface area contributed by atoms with Gasteiger partial charge in [0.2, 0.25) is 0 Å². The van der Waals surface area contributed by atoms with Gasteiger partial charge in [0.1, 0.15) is 5.69 Å². The Morgan fingerprint density at radius 1 is 1.15 bits per heavy atom. The Kier molecular flexibility index (Phi) is 5.64. The van der Waals surface area contributed by atoms with E-state index in [1.807, 2.05) is 0 Å². The van der Waals surface area contributed by atoms with Crippen molar-refractivity contribution in [1.29, 1.82) is 0 Å². The van der Waals surface area contributed by atoms with Crippen LogP contribution in [-0.4, -0.2) is 68.9 Å². The predicted molar refractivity (Wildman–Crippen MR) is 101 cm³/mol. The fourth-order valence-corrected chi connectivity index (χ4v) is 4.48. The molecule has 1 aromatic heterocycles. The van der Waals surface area contributed by atoms with Gasteiger partial charge in [0.05, 0.1) is 6.54 Å². The third kappa shape index (κ3) is 4.55. The van der Waals surface area contributed by atoms with Crippen molar-refractivity contribution in [2.24, 2.45) is 0 Å². The summed E-state index contributed by atoms with van der Waals surface area (Å²) in [5.41, 5.74) is 1.25. The first-order valence-electron chi connectivity index (χ1n) is 8.76. The average Bonchev–Trinajstić information content (AvgIpc) is 2.96. The summed E-state index contributed by atoms with van der Waals surface area (Å²) in [6, 6.07) is 6.47. The molecule has 27 heavy (non-hydrogen) atoms. The normalized spacial score (nSPS) is 16.4. The van der Waals surface area contributed by atoms with Gasteiger partial charge in [0.15, 0.2) is 16.4 Å². The van der Waals surface area contributed by atoms with Gasteiger partial charge in [0, 0.05) is 37.4 Å². The van der Waals surface area contributed by atoms with Crippen molar-refractivity contribution in [1.82, 2.24) is 15.0 Å². The summed E-state index contributed by atoms with van der Waals surface area (Å²) < 4.78 is 32.5. The lowest BCUT2D eigenvalue weighted by atomic mass is 10.1. The number of aromatic nitrogens is 1. The van der Waals surface area contributed by atoms with Crippen molar-refractivity contribution in [3.8, 4) is 0 Å². The van der Waals surface area contributed by atoms with Crippen LogP contribution in [-0.2, 0) is 10.0 Å². The van der Waals surface area contributed by atoms with Crippen LogP contribution in [0.1, 0.15) is 21.8 Å². The van der Waals surface area contributed by atoms with Crippen LogP contribution in [0.15, 0.2) is 33.7 Å². The zero-order valence-electron chi connectivity index (χ0n) is 15.7. The summed E-state index contributed by atoms with van der Waals surface area (Å²) in [5.74, 6) is 0.263. The second-order valence-corrected chi connectivity index (χ2v) is 8.46. The monoisotopic (exact) mass is 392 g/mol. The standard InChI is InChI=1S/C18H24N4O4S/c1-13-18(14(2)26-19-13)27(24,25)20-16-6-4-15(5-7-16)17(23)12-22-10-8-21(3)9-11-22/h4-7,20H,8-12H2,1-3H3. The van der Waals surface area contributed by atoms with E-state index < -0.39 is 10.0 Å². The first kappa shape index (κ1) is 19.5. The Bertz CT molecular complexity index is 894. The van der Waals surface area contributed by atoms with Crippen LogP contribution in [0.4, 0.5) is 5.69 Å². The number of Topliss-reactive ketones (excluding diaryl/α,β-unsaturated/α-hetero) is 1. The molecule has 0 radical (unpaired) electrons. The maximum absolute atomic E-state index is 12.5. The zero-order valence-corrected chi connectivity index (χ0v) is 16.5. The number of hydrogen-bond acceptors (Lipinski definition) is 7. The Morgan fingerprint density at radius 3 is 2.33 bits per heavy atom. The molecule has 2 heterocycles. The molecule has 9 heteroatoms. The number of anilines is 1. The van der Waals surface area contributed by atoms with E-state index in [2.05, 4.69) is 26.7 Å². The maximum Gasteiger partial charge on any atom is 0.267 e. The van der Waals surface area contributed by atoms with E-state index in [0.29, 0.717) is 23.5 Å². The van der Waals surface area contributed by atoms with Crippen molar-refractivity contribution in [3.05, 3.63) is 41.3 Å². The van der Waals surface area contributed by atoms with E-state index in [9.17, 15) is 13.2 Å². The first-order valence-corrected chi connectivity index (χ1v) is 10.2. The molecule has 0 amide bonds. The quantitative estimate of drug-likeness (QED) is 0.745. The predicted octanol–water partition coefficient (Wildman–Crippen LogP) is 1.52. The number of benzene rings is 1. The maximum atomic E-state index is 12.5. The third-order valence-corrected chi connectivity index (χ3v) is 6.28. The molecular weight excluding hydrogens is 368 g/mol. The molecule has 0 unspecified atom stereocenters. The Hall–Kier alpha value is -2.23. The molecule has 1 saturated heterocycles. The molecule has 1 aromatic carbocycles. The van der Waals surface area contributed by atoms with Gasteiger partial charge in [-0.25, -0.2) is 8.42 Å². The number of piperazine rings is 1. The lowest BCUT2D eigenvalue weighted by molar-refractivity contribution is 0.0876. The molecule has 146 valence electrons. The minimum Gasteiger partial charge on any atom is -0.360 e. The zero-order chi connectivity index (χ0) is 19.6. The number of carbonyl (C=O) groups is 1. The smallest absolute Gasteiger partial charge is 0.267 e. The highest BCUT2D eigenvalue weighted by Crippen LogP contribution is 2.22. The fraction of sp³-hybridized carbons (Fsp3) is 0.444. The van der Waals surface area contributed by atoms with Gasteiger partial charge in [-0.3, -0.25) is 14.4 Å². The van der Waals surface area contributed by atoms with Crippen LogP contribution in [0.5, 0.6) is 0 Å². The second kappa shape index (κ2) is 7.79. The lowest BCUT2D eigenvalue weighted by Gasteiger charge is -2.31. The average molecular weight is 392 g/mol. The van der Waals surface area contributed by atoms with Crippen LogP contribution in [0.25, 0.3) is 0 Å². The third-order valence-electron chi connectivity index (χ3n) is 4.66. The fourth-order valence-electron chi connectivity index (χ4n) is 3.09. The number of ketones is 1. The van der Waals surface area contributed by atoms with E-state index in [4.69, 9.17) is 4.52 Å². The van der Waals surface area contributed by atoms with Crippen LogP contribution in [0.3, 0.4) is 0 Å². The molecule has 0 saturated carbocycles. The van der Waals surface area contributed by atoms with E-state index in [1.165, 1.54) is 0 Å². The van der Waals surface area contributed by atoms with Crippen LogP contribution in [0, 0.1) is 13.8 Å². The Labute approximate surface area is 159 Å². The van der Waals surface area contributed by atoms with Gasteiger partial charge in [-0.1, -0.05) is 5.16 Å². The second-order valence-electron chi connectivity index (χ2n) is 6.84. The minimum absolute atomic E-state index is 0.0275. The number of nitrogens with zero attached hydrogens (tertiary/aromatic N) is 3. The molecule has 1 aliphatic heterocycles.